The van der Waals surface area contributed by atoms with Crippen LogP contribution in [0.2, 0.25) is 0 Å². The van der Waals surface area contributed by atoms with E-state index < -0.39 is 28.8 Å². The lowest BCUT2D eigenvalue weighted by atomic mass is 10.0. The molecule has 2 atom stereocenters. The smallest absolute Gasteiger partial charge is 0.335 e. The molecule has 2 heterocycles. The third kappa shape index (κ3) is 5.93. The molecule has 1 fully saturated rings. The average molecular weight is 516 g/mol. The van der Waals surface area contributed by atoms with Crippen LogP contribution in [-0.2, 0) is 4.79 Å². The minimum Gasteiger partial charge on any atom is -0.493 e. The maximum Gasteiger partial charge on any atom is 0.335 e. The first kappa shape index (κ1) is 25.8. The van der Waals surface area contributed by atoms with E-state index in [1.807, 2.05) is 0 Å². The molecule has 0 aliphatic carbocycles. The first-order chi connectivity index (χ1) is 17.3. The zero-order valence-electron chi connectivity index (χ0n) is 19.7. The number of thiophene rings is 1. The number of ether oxygens (including phenoxy) is 1. The highest BCUT2D eigenvalue weighted by Crippen LogP contribution is 2.32. The second-order valence-corrected chi connectivity index (χ2v) is 9.65. The summed E-state index contributed by atoms with van der Waals surface area (Å²) in [5.74, 6) is -1.42. The molecule has 0 spiro atoms. The topological polar surface area (TPSA) is 137 Å². The van der Waals surface area contributed by atoms with E-state index in [1.165, 1.54) is 27.9 Å². The normalized spacial score (nSPS) is 16.1. The molecule has 11 heteroatoms. The summed E-state index contributed by atoms with van der Waals surface area (Å²) in [6, 6.07) is 12.4. The maximum atomic E-state index is 11.4. The van der Waals surface area contributed by atoms with Crippen molar-refractivity contribution in [1.29, 1.82) is 0 Å². The van der Waals surface area contributed by atoms with Crippen molar-refractivity contribution in [2.24, 2.45) is 0 Å². The molecule has 1 aromatic heterocycles. The number of anilines is 1. The summed E-state index contributed by atoms with van der Waals surface area (Å²) < 4.78 is 6.96. The molecule has 3 aromatic rings. The van der Waals surface area contributed by atoms with Gasteiger partial charge in [0, 0.05) is 42.0 Å². The van der Waals surface area contributed by atoms with E-state index in [4.69, 9.17) is 9.84 Å². The number of carboxylic acid groups (broad SMARTS) is 1. The zero-order valence-corrected chi connectivity index (χ0v) is 20.5. The van der Waals surface area contributed by atoms with Crippen molar-refractivity contribution in [3.8, 4) is 5.75 Å². The average Bonchev–Trinajstić information content (AvgIpc) is 3.37. The monoisotopic (exact) mass is 515 g/mol. The van der Waals surface area contributed by atoms with Crippen LogP contribution in [0.4, 0.5) is 11.4 Å². The van der Waals surface area contributed by atoms with Gasteiger partial charge in [-0.25, -0.2) is 4.79 Å². The van der Waals surface area contributed by atoms with E-state index in [-0.39, 0.29) is 11.3 Å². The van der Waals surface area contributed by atoms with Gasteiger partial charge < -0.3 is 25.0 Å². The number of unbranched alkanes of at least 4 members (excludes halogenated alkanes) is 1. The van der Waals surface area contributed by atoms with Crippen molar-refractivity contribution in [3.63, 3.8) is 0 Å². The number of nitro benzene ring substituents is 1. The Morgan fingerprint density at radius 1 is 1.11 bits per heavy atom. The van der Waals surface area contributed by atoms with Gasteiger partial charge in [-0.15, -0.1) is 11.3 Å². The highest BCUT2D eigenvalue weighted by Gasteiger charge is 2.31. The fraction of sp³-hybridized carbons (Fsp3) is 0.400. The Bertz CT molecular complexity index is 1210. The third-order valence-corrected chi connectivity index (χ3v) is 7.27. The number of piperazine rings is 1. The van der Waals surface area contributed by atoms with Crippen LogP contribution in [0.1, 0.15) is 24.5 Å². The van der Waals surface area contributed by atoms with E-state index in [1.54, 1.807) is 11.3 Å². The Morgan fingerprint density at radius 3 is 2.61 bits per heavy atom. The summed E-state index contributed by atoms with van der Waals surface area (Å²) in [4.78, 5) is 26.4. The van der Waals surface area contributed by atoms with Gasteiger partial charge in [0.25, 0.3) is 5.69 Å². The summed E-state index contributed by atoms with van der Waals surface area (Å²) in [7, 11) is 0. The first-order valence-corrected chi connectivity index (χ1v) is 12.7. The molecule has 36 heavy (non-hydrogen) atoms. The van der Waals surface area contributed by atoms with Crippen molar-refractivity contribution < 1.29 is 29.8 Å². The SMILES string of the molecule is O=C(O)[C@@H](O)[C@H](O)c1ccc(OCCCCN2CCN(c3cccc4sccc34)CC2)cc1[N+](=O)[O-]. The highest BCUT2D eigenvalue weighted by atomic mass is 32.1. The molecule has 1 saturated heterocycles. The molecule has 0 unspecified atom stereocenters. The van der Waals surface area contributed by atoms with Gasteiger partial charge in [-0.3, -0.25) is 15.0 Å². The van der Waals surface area contributed by atoms with Crippen LogP contribution in [0.3, 0.4) is 0 Å². The van der Waals surface area contributed by atoms with Crippen molar-refractivity contribution >= 4 is 38.8 Å². The first-order valence-electron chi connectivity index (χ1n) is 11.8. The lowest BCUT2D eigenvalue weighted by molar-refractivity contribution is -0.386. The second kappa shape index (κ2) is 11.7. The van der Waals surface area contributed by atoms with Gasteiger partial charge in [0.05, 0.1) is 23.2 Å². The third-order valence-electron chi connectivity index (χ3n) is 6.39. The molecule has 192 valence electrons. The minimum atomic E-state index is -2.17. The zero-order chi connectivity index (χ0) is 25.7. The number of hydrogen-bond acceptors (Lipinski definition) is 9. The number of nitro groups is 1. The number of fused-ring (bicyclic) bond motifs is 1. The number of aliphatic hydroxyl groups is 2. The van der Waals surface area contributed by atoms with Crippen molar-refractivity contribution in [1.82, 2.24) is 4.90 Å². The lowest BCUT2D eigenvalue weighted by Gasteiger charge is -2.36. The fourth-order valence-electron chi connectivity index (χ4n) is 4.42. The maximum absolute atomic E-state index is 11.4. The van der Waals surface area contributed by atoms with Crippen molar-refractivity contribution in [2.75, 3.05) is 44.2 Å². The van der Waals surface area contributed by atoms with Gasteiger partial charge in [0.15, 0.2) is 6.10 Å². The summed E-state index contributed by atoms with van der Waals surface area (Å²) in [5.41, 5.74) is 0.514. The number of hydrogen-bond donors (Lipinski definition) is 3. The number of carboxylic acids is 1. The summed E-state index contributed by atoms with van der Waals surface area (Å²) in [5, 5.41) is 43.2. The lowest BCUT2D eigenvalue weighted by Crippen LogP contribution is -2.46. The van der Waals surface area contributed by atoms with E-state index >= 15 is 0 Å². The molecule has 0 radical (unpaired) electrons. The van der Waals surface area contributed by atoms with Crippen LogP contribution in [0.5, 0.6) is 5.75 Å². The molecular weight excluding hydrogens is 486 g/mol. The van der Waals surface area contributed by atoms with Crippen LogP contribution in [-0.4, -0.2) is 76.5 Å². The van der Waals surface area contributed by atoms with Crippen LogP contribution in [0, 0.1) is 10.1 Å². The number of aliphatic carboxylic acids is 1. The number of rotatable bonds is 11. The minimum absolute atomic E-state index is 0.249. The fourth-order valence-corrected chi connectivity index (χ4v) is 5.23. The van der Waals surface area contributed by atoms with Gasteiger partial charge in [-0.1, -0.05) is 6.07 Å². The Morgan fingerprint density at radius 2 is 1.89 bits per heavy atom. The Hall–Kier alpha value is -3.25. The summed E-state index contributed by atoms with van der Waals surface area (Å²) in [6.07, 6.45) is -2.40. The van der Waals surface area contributed by atoms with Gasteiger partial charge in [0.1, 0.15) is 11.9 Å². The molecule has 10 nitrogen and oxygen atoms in total. The Balaban J connectivity index is 1.21. The summed E-state index contributed by atoms with van der Waals surface area (Å²) >= 11 is 1.76. The van der Waals surface area contributed by atoms with Crippen LogP contribution in [0.15, 0.2) is 47.8 Å². The van der Waals surface area contributed by atoms with E-state index in [2.05, 4.69) is 39.4 Å². The van der Waals surface area contributed by atoms with Gasteiger partial charge in [0.2, 0.25) is 0 Å². The number of nitrogens with zero attached hydrogens (tertiary/aromatic N) is 3. The van der Waals surface area contributed by atoms with Gasteiger partial charge >= 0.3 is 5.97 Å². The number of aliphatic hydroxyl groups excluding tert-OH is 2. The van der Waals surface area contributed by atoms with E-state index in [0.29, 0.717) is 6.61 Å². The molecule has 1 aliphatic heterocycles. The number of carbonyl (C=O) groups is 1. The molecule has 3 N–H and O–H groups in total. The Labute approximate surface area is 212 Å². The Kier molecular flexibility index (Phi) is 8.36. The van der Waals surface area contributed by atoms with Gasteiger partial charge in [-0.05, 0) is 55.1 Å². The van der Waals surface area contributed by atoms with Crippen molar-refractivity contribution in [3.05, 3.63) is 63.5 Å². The van der Waals surface area contributed by atoms with Crippen LogP contribution >= 0.6 is 11.3 Å². The van der Waals surface area contributed by atoms with E-state index in [9.17, 15) is 25.1 Å². The number of benzene rings is 2. The molecule has 1 aliphatic rings. The second-order valence-electron chi connectivity index (χ2n) is 8.70. The molecule has 0 amide bonds. The quantitative estimate of drug-likeness (QED) is 0.200. The van der Waals surface area contributed by atoms with Crippen LogP contribution < -0.4 is 9.64 Å². The molecule has 4 rings (SSSR count). The predicted octanol–water partition coefficient (Wildman–Crippen LogP) is 3.27. The molecule has 0 saturated carbocycles. The summed E-state index contributed by atoms with van der Waals surface area (Å²) in [6.45, 7) is 5.24. The van der Waals surface area contributed by atoms with Gasteiger partial charge in [-0.2, -0.15) is 0 Å². The predicted molar refractivity (Wildman–Crippen MR) is 137 cm³/mol. The van der Waals surface area contributed by atoms with E-state index in [0.717, 1.165) is 51.6 Å². The highest BCUT2D eigenvalue weighted by molar-refractivity contribution is 7.17. The molecule has 2 aromatic carbocycles. The largest absolute Gasteiger partial charge is 0.493 e. The molecular formula is C25H29N3O7S. The van der Waals surface area contributed by atoms with Crippen LogP contribution in [0.25, 0.3) is 10.1 Å². The van der Waals surface area contributed by atoms with Crippen molar-refractivity contribution in [2.45, 2.75) is 25.0 Å². The molecule has 0 bridgehead atoms. The standard InChI is InChI=1S/C25H29N3O7S/c29-23(24(30)25(31)32)19-7-6-17(16-21(19)28(33)34)35-14-2-1-9-26-10-12-27(13-11-26)20-4-3-5-22-18(20)8-15-36-22/h3-8,15-16,23-24,29-30H,1-2,9-14H2,(H,31,32)/t23-,24+/m1/s1.